The summed E-state index contributed by atoms with van der Waals surface area (Å²) in [6.45, 7) is 4.16. The molecule has 6 atom stereocenters. The number of hydrogen-bond donors (Lipinski definition) is 2. The molecule has 9 rings (SSSR count). The molecule has 4 fully saturated rings. The fourth-order valence-corrected chi connectivity index (χ4v) is 8.57. The van der Waals surface area contributed by atoms with Crippen molar-refractivity contribution >= 4 is 27.5 Å². The number of rotatable bonds is 4. The number of pyridine rings is 2. The van der Waals surface area contributed by atoms with Crippen LogP contribution in [-0.2, 0) is 0 Å². The van der Waals surface area contributed by atoms with Crippen LogP contribution >= 0.6 is 0 Å². The number of fused-ring (bicyclic) bond motifs is 7. The van der Waals surface area contributed by atoms with Gasteiger partial charge >= 0.3 is 6.01 Å². The molecule has 4 aromatic rings. The van der Waals surface area contributed by atoms with Crippen molar-refractivity contribution in [1.29, 1.82) is 0 Å². The van der Waals surface area contributed by atoms with Crippen LogP contribution in [0, 0.1) is 5.82 Å². The molecule has 10 nitrogen and oxygen atoms in total. The van der Waals surface area contributed by atoms with Crippen molar-refractivity contribution in [3.63, 3.8) is 0 Å². The van der Waals surface area contributed by atoms with E-state index >= 15 is 4.39 Å². The van der Waals surface area contributed by atoms with E-state index in [4.69, 9.17) is 19.4 Å². The second-order valence-corrected chi connectivity index (χ2v) is 13.1. The Bertz CT molecular complexity index is 1890. The third-order valence-corrected chi connectivity index (χ3v) is 10.5. The number of hydrogen-bond acceptors (Lipinski definition) is 9. The number of ether oxygens (including phenoxy) is 2. The normalized spacial score (nSPS) is 30.8. The van der Waals surface area contributed by atoms with Crippen LogP contribution < -0.4 is 25.2 Å². The molecule has 4 saturated heterocycles. The Labute approximate surface area is 251 Å². The summed E-state index contributed by atoms with van der Waals surface area (Å²) in [6.07, 6.45) is 3.08. The molecule has 0 radical (unpaired) electrons. The Hall–Kier alpha value is -3.90. The average Bonchev–Trinajstić information content (AvgIpc) is 3.65. The van der Waals surface area contributed by atoms with E-state index in [-0.39, 0.29) is 65.2 Å². The fourth-order valence-electron chi connectivity index (χ4n) is 8.57. The third-order valence-electron chi connectivity index (χ3n) is 10.5. The molecule has 2 bridgehead atoms. The molecule has 8 heterocycles. The molecule has 3 aromatic heterocycles. The summed E-state index contributed by atoms with van der Waals surface area (Å²) in [5.74, 6) is 0.0659. The number of piperazine rings is 1. The number of halogens is 2. The van der Waals surface area contributed by atoms with Crippen molar-refractivity contribution in [2.45, 2.75) is 75.0 Å². The van der Waals surface area contributed by atoms with Gasteiger partial charge in [-0.3, -0.25) is 9.69 Å². The summed E-state index contributed by atoms with van der Waals surface area (Å²) in [5, 5.41) is 5.43. The highest BCUT2D eigenvalue weighted by molar-refractivity contribution is 6.00. The maximum atomic E-state index is 16.9. The van der Waals surface area contributed by atoms with E-state index in [0.29, 0.717) is 41.5 Å². The van der Waals surface area contributed by atoms with Gasteiger partial charge in [-0.1, -0.05) is 24.3 Å². The number of aromatic nitrogens is 4. The van der Waals surface area contributed by atoms with Crippen LogP contribution in [-0.4, -0.2) is 87.0 Å². The van der Waals surface area contributed by atoms with Gasteiger partial charge in [0.2, 0.25) is 11.4 Å². The lowest BCUT2D eigenvalue weighted by Gasteiger charge is -2.42. The fraction of sp³-hybridized carbons (Fsp3) is 0.500. The van der Waals surface area contributed by atoms with Crippen LogP contribution in [0.3, 0.4) is 0 Å². The van der Waals surface area contributed by atoms with E-state index in [1.54, 1.807) is 0 Å². The number of alkyl halides is 1. The Morgan fingerprint density at radius 1 is 1.18 bits per heavy atom. The molecule has 228 valence electrons. The van der Waals surface area contributed by atoms with Crippen LogP contribution in [0.1, 0.15) is 39.0 Å². The maximum absolute atomic E-state index is 16.9. The van der Waals surface area contributed by atoms with Crippen molar-refractivity contribution in [2.24, 2.45) is 0 Å². The van der Waals surface area contributed by atoms with Gasteiger partial charge in [0.1, 0.15) is 41.3 Å². The van der Waals surface area contributed by atoms with Gasteiger partial charge in [0, 0.05) is 43.0 Å². The zero-order valence-electron chi connectivity index (χ0n) is 24.4. The second-order valence-electron chi connectivity index (χ2n) is 13.1. The molecule has 2 N–H and O–H groups in total. The van der Waals surface area contributed by atoms with Gasteiger partial charge in [0.05, 0.1) is 17.3 Å². The molecule has 44 heavy (non-hydrogen) atoms. The standard InChI is InChI=1S/C32H33F2N7O3/c1-16-28-21-8-7-19(35-21)14-41(28)29-23-26(38-31(39-29)43-15-32-9-4-10-40(32)13-18(33)12-32)24(34)27(37-30(23)44-16)25-20-6-3-2-5-17(20)11-22(42)36-25/h2-3,5-6,11,16,18-19,21,28,35H,4,7-10,12-15H2,1H3,(H,36,42)/t16-,18+,19+,21-,28+,32-/m0/s1. The van der Waals surface area contributed by atoms with Crippen LogP contribution in [0.5, 0.6) is 11.9 Å². The topological polar surface area (TPSA) is 108 Å². The van der Waals surface area contributed by atoms with E-state index in [9.17, 15) is 9.18 Å². The highest BCUT2D eigenvalue weighted by Crippen LogP contribution is 2.45. The van der Waals surface area contributed by atoms with E-state index < -0.39 is 17.5 Å². The lowest BCUT2D eigenvalue weighted by molar-refractivity contribution is 0.107. The zero-order valence-corrected chi connectivity index (χ0v) is 24.4. The number of nitrogens with one attached hydrogen (secondary N) is 2. The lowest BCUT2D eigenvalue weighted by atomic mass is 9.95. The van der Waals surface area contributed by atoms with Gasteiger partial charge in [0.25, 0.3) is 0 Å². The number of H-pyrrole nitrogens is 1. The lowest BCUT2D eigenvalue weighted by Crippen LogP contribution is -2.62. The molecule has 0 unspecified atom stereocenters. The number of anilines is 1. The van der Waals surface area contributed by atoms with Crippen molar-refractivity contribution in [2.75, 3.05) is 31.1 Å². The van der Waals surface area contributed by atoms with E-state index in [1.165, 1.54) is 6.07 Å². The van der Waals surface area contributed by atoms with E-state index in [2.05, 4.69) is 25.1 Å². The number of benzene rings is 1. The minimum absolute atomic E-state index is 0.0214. The highest BCUT2D eigenvalue weighted by atomic mass is 19.1. The first-order valence-electron chi connectivity index (χ1n) is 15.6. The monoisotopic (exact) mass is 601 g/mol. The third kappa shape index (κ3) is 3.89. The molecule has 0 amide bonds. The van der Waals surface area contributed by atoms with Crippen molar-refractivity contribution in [1.82, 2.24) is 30.2 Å². The van der Waals surface area contributed by atoms with E-state index in [1.807, 2.05) is 31.2 Å². The smallest absolute Gasteiger partial charge is 0.319 e. The predicted molar refractivity (Wildman–Crippen MR) is 161 cm³/mol. The molecule has 0 spiro atoms. The average molecular weight is 602 g/mol. The highest BCUT2D eigenvalue weighted by Gasteiger charge is 2.50. The molecule has 0 aliphatic carbocycles. The van der Waals surface area contributed by atoms with Gasteiger partial charge in [-0.25, -0.2) is 13.8 Å². The molecule has 1 aromatic carbocycles. The Morgan fingerprint density at radius 2 is 2.07 bits per heavy atom. The summed E-state index contributed by atoms with van der Waals surface area (Å²) in [5.41, 5.74) is -0.551. The molecule has 5 aliphatic rings. The quantitative estimate of drug-likeness (QED) is 0.362. The van der Waals surface area contributed by atoms with Crippen molar-refractivity contribution in [3.8, 4) is 23.3 Å². The van der Waals surface area contributed by atoms with Gasteiger partial charge in [-0.15, -0.1) is 0 Å². The summed E-state index contributed by atoms with van der Waals surface area (Å²) in [6, 6.07) is 9.21. The predicted octanol–water partition coefficient (Wildman–Crippen LogP) is 3.72. The largest absolute Gasteiger partial charge is 0.472 e. The van der Waals surface area contributed by atoms with E-state index in [0.717, 1.165) is 32.2 Å². The van der Waals surface area contributed by atoms with Gasteiger partial charge < -0.3 is 24.7 Å². The number of aromatic amines is 1. The first kappa shape index (κ1) is 26.5. The van der Waals surface area contributed by atoms with Crippen LogP contribution in [0.4, 0.5) is 14.6 Å². The Morgan fingerprint density at radius 3 is 2.98 bits per heavy atom. The summed E-state index contributed by atoms with van der Waals surface area (Å²) in [4.78, 5) is 34.2. The van der Waals surface area contributed by atoms with Crippen molar-refractivity contribution < 1.29 is 18.3 Å². The molecular formula is C32H33F2N7O3. The minimum Gasteiger partial charge on any atom is -0.472 e. The molecule has 12 heteroatoms. The van der Waals surface area contributed by atoms with Gasteiger partial charge in [-0.05, 0) is 44.5 Å². The van der Waals surface area contributed by atoms with Crippen LogP contribution in [0.25, 0.3) is 33.1 Å². The molecule has 5 aliphatic heterocycles. The minimum atomic E-state index is -0.895. The SMILES string of the molecule is C[C@@H]1Oc2nc(-c3[nH]c(=O)cc4ccccc34)c(F)c3nc(OC[C@@]45CCCN4C[C@H](F)C5)nc(c23)N2C[C@H]3CC[C@H](N3)[C@@H]12. The summed E-state index contributed by atoms with van der Waals surface area (Å²) < 4.78 is 44.2. The first-order valence-corrected chi connectivity index (χ1v) is 15.6. The molecule has 0 saturated carbocycles. The zero-order chi connectivity index (χ0) is 29.7. The summed E-state index contributed by atoms with van der Waals surface area (Å²) >= 11 is 0. The van der Waals surface area contributed by atoms with Crippen LogP contribution in [0.2, 0.25) is 0 Å². The first-order chi connectivity index (χ1) is 21.4. The summed E-state index contributed by atoms with van der Waals surface area (Å²) in [7, 11) is 0. The number of nitrogens with zero attached hydrogens (tertiary/aromatic N) is 5. The Kier molecular flexibility index (Phi) is 5.75. The second kappa shape index (κ2) is 9.55. The van der Waals surface area contributed by atoms with Crippen LogP contribution in [0.15, 0.2) is 35.1 Å². The van der Waals surface area contributed by atoms with Gasteiger partial charge in [-0.2, -0.15) is 9.97 Å². The van der Waals surface area contributed by atoms with Crippen molar-refractivity contribution in [3.05, 3.63) is 46.5 Å². The van der Waals surface area contributed by atoms with Gasteiger partial charge in [0.15, 0.2) is 5.82 Å². The molecular weight excluding hydrogens is 568 g/mol. The Balaban J connectivity index is 1.24. The maximum Gasteiger partial charge on any atom is 0.319 e.